The Bertz CT molecular complexity index is 437. The first kappa shape index (κ1) is 19.9. The van der Waals surface area contributed by atoms with Crippen LogP contribution in [0.5, 0.6) is 0 Å². The molecule has 0 aromatic rings. The van der Waals surface area contributed by atoms with Gasteiger partial charge in [-0.05, 0) is 18.7 Å². The molecule has 0 bridgehead atoms. The van der Waals surface area contributed by atoms with E-state index in [4.69, 9.17) is 21.5 Å². The molecule has 0 saturated carbocycles. The lowest BCUT2D eigenvalue weighted by Gasteiger charge is -2.26. The molecule has 1 unspecified atom stereocenters. The minimum Gasteiger partial charge on any atom is -0.480 e. The highest BCUT2D eigenvalue weighted by atomic mass is 16.4. The zero-order valence-corrected chi connectivity index (χ0v) is 13.8. The Balaban J connectivity index is 2.79. The van der Waals surface area contributed by atoms with Gasteiger partial charge in [0.1, 0.15) is 5.54 Å². The van der Waals surface area contributed by atoms with E-state index in [9.17, 15) is 14.7 Å². The average molecular weight is 329 g/mol. The lowest BCUT2D eigenvalue weighted by atomic mass is 9.78. The Morgan fingerprint density at radius 1 is 1.43 bits per heavy atom. The summed E-state index contributed by atoms with van der Waals surface area (Å²) in [4.78, 5) is 25.5. The van der Waals surface area contributed by atoms with Gasteiger partial charge in [0.2, 0.25) is 5.91 Å². The molecule has 1 saturated heterocycles. The fourth-order valence-electron chi connectivity index (χ4n) is 2.95. The number of nitrogens with two attached hydrogens (primary N) is 2. The maximum atomic E-state index is 12.5. The van der Waals surface area contributed by atoms with Gasteiger partial charge in [0, 0.05) is 19.0 Å². The van der Waals surface area contributed by atoms with Crippen molar-refractivity contribution in [2.45, 2.75) is 51.0 Å². The molecule has 1 rings (SSSR count). The van der Waals surface area contributed by atoms with Crippen molar-refractivity contribution in [3.8, 4) is 0 Å². The number of carbonyl (C=O) groups excluding carboxylic acids is 1. The summed E-state index contributed by atoms with van der Waals surface area (Å²) in [6, 6.07) is -0.670. The van der Waals surface area contributed by atoms with Gasteiger partial charge >= 0.3 is 13.1 Å². The van der Waals surface area contributed by atoms with Gasteiger partial charge in [0.25, 0.3) is 0 Å². The summed E-state index contributed by atoms with van der Waals surface area (Å²) in [5.74, 6) is -1.87. The molecule has 0 spiro atoms. The number of carboxylic acid groups (broad SMARTS) is 1. The van der Waals surface area contributed by atoms with Crippen molar-refractivity contribution < 1.29 is 24.7 Å². The number of carbonyl (C=O) groups is 2. The van der Waals surface area contributed by atoms with Crippen LogP contribution in [0.2, 0.25) is 6.32 Å². The van der Waals surface area contributed by atoms with Crippen LogP contribution in [0, 0.1) is 11.8 Å². The lowest BCUT2D eigenvalue weighted by molar-refractivity contribution is -0.144. The number of amides is 1. The molecule has 1 aliphatic rings. The molecular formula is C14H28BN3O5. The summed E-state index contributed by atoms with van der Waals surface area (Å²) in [7, 11) is -1.43. The van der Waals surface area contributed by atoms with Gasteiger partial charge in [-0.1, -0.05) is 26.7 Å². The summed E-state index contributed by atoms with van der Waals surface area (Å²) in [6.45, 7) is 3.98. The third kappa shape index (κ3) is 4.66. The van der Waals surface area contributed by atoms with Gasteiger partial charge in [0.15, 0.2) is 0 Å². The summed E-state index contributed by atoms with van der Waals surface area (Å²) in [5.41, 5.74) is 10.5. The Morgan fingerprint density at radius 3 is 2.52 bits per heavy atom. The van der Waals surface area contributed by atoms with E-state index in [1.807, 2.05) is 13.8 Å². The molecule has 1 heterocycles. The molecule has 0 aromatic carbocycles. The summed E-state index contributed by atoms with van der Waals surface area (Å²) in [5, 5.41) is 27.2. The van der Waals surface area contributed by atoms with Crippen molar-refractivity contribution >= 4 is 19.0 Å². The van der Waals surface area contributed by atoms with Crippen LogP contribution in [0.15, 0.2) is 0 Å². The van der Waals surface area contributed by atoms with Gasteiger partial charge in [-0.15, -0.1) is 0 Å². The van der Waals surface area contributed by atoms with Gasteiger partial charge in [0.05, 0.1) is 6.04 Å². The van der Waals surface area contributed by atoms with Gasteiger partial charge < -0.3 is 31.5 Å². The Hall–Kier alpha value is -1.16. The van der Waals surface area contributed by atoms with Crippen molar-refractivity contribution in [3.05, 3.63) is 0 Å². The van der Waals surface area contributed by atoms with Crippen molar-refractivity contribution in [3.63, 3.8) is 0 Å². The van der Waals surface area contributed by atoms with Crippen molar-refractivity contribution in [2.75, 3.05) is 13.1 Å². The summed E-state index contributed by atoms with van der Waals surface area (Å²) in [6.07, 6.45) is 1.73. The molecule has 1 fully saturated rings. The van der Waals surface area contributed by atoms with Crippen LogP contribution < -0.4 is 11.5 Å². The first-order valence-corrected chi connectivity index (χ1v) is 8.06. The highest BCUT2D eigenvalue weighted by Crippen LogP contribution is 2.31. The number of carboxylic acids is 1. The fraction of sp³-hybridized carbons (Fsp3) is 0.857. The average Bonchev–Trinajstić information content (AvgIpc) is 2.83. The SMILES string of the molecule is CC[C@H](C)C(N)C(=O)N1C[C@H](CCCB(O)O)[C@](N)(C(=O)O)C1. The van der Waals surface area contributed by atoms with E-state index in [1.165, 1.54) is 4.90 Å². The maximum Gasteiger partial charge on any atom is 0.451 e. The smallest absolute Gasteiger partial charge is 0.451 e. The molecule has 4 atom stereocenters. The maximum absolute atomic E-state index is 12.5. The van der Waals surface area contributed by atoms with Crippen LogP contribution in [0.3, 0.4) is 0 Å². The molecule has 0 radical (unpaired) electrons. The number of aliphatic carboxylic acids is 1. The molecule has 132 valence electrons. The zero-order chi connectivity index (χ0) is 17.8. The number of rotatable bonds is 8. The molecule has 1 amide bonds. The zero-order valence-electron chi connectivity index (χ0n) is 13.8. The number of hydrogen-bond donors (Lipinski definition) is 5. The predicted octanol–water partition coefficient (Wildman–Crippen LogP) is -1.15. The van der Waals surface area contributed by atoms with E-state index in [0.29, 0.717) is 12.8 Å². The van der Waals surface area contributed by atoms with E-state index in [0.717, 1.165) is 6.42 Å². The normalized spacial score (nSPS) is 26.9. The van der Waals surface area contributed by atoms with Crippen LogP contribution in [-0.2, 0) is 9.59 Å². The first-order chi connectivity index (χ1) is 10.6. The van der Waals surface area contributed by atoms with E-state index in [2.05, 4.69) is 0 Å². The lowest BCUT2D eigenvalue weighted by Crippen LogP contribution is -2.55. The first-order valence-electron chi connectivity index (χ1n) is 8.06. The summed E-state index contributed by atoms with van der Waals surface area (Å²) >= 11 is 0. The van der Waals surface area contributed by atoms with Crippen LogP contribution in [0.1, 0.15) is 33.1 Å². The number of hydrogen-bond acceptors (Lipinski definition) is 6. The Morgan fingerprint density at radius 2 is 2.04 bits per heavy atom. The highest BCUT2D eigenvalue weighted by molar-refractivity contribution is 6.40. The van der Waals surface area contributed by atoms with E-state index < -0.39 is 30.6 Å². The van der Waals surface area contributed by atoms with Gasteiger partial charge in [-0.25, -0.2) is 0 Å². The number of nitrogens with zero attached hydrogens (tertiary/aromatic N) is 1. The molecule has 0 aromatic heterocycles. The molecule has 9 heteroatoms. The molecule has 8 nitrogen and oxygen atoms in total. The molecule has 7 N–H and O–H groups in total. The standard InChI is InChI=1S/C14H28BN3O5/c1-3-9(2)11(16)12(19)18-7-10(5-4-6-15(22)23)14(17,8-18)13(20)21/h9-11,22-23H,3-8,16-17H2,1-2H3,(H,20,21)/t9-,10-,11?,14-/m0/s1. The van der Waals surface area contributed by atoms with Crippen LogP contribution >= 0.6 is 0 Å². The van der Waals surface area contributed by atoms with Crippen LogP contribution in [0.4, 0.5) is 0 Å². The second kappa shape index (κ2) is 8.10. The fourth-order valence-corrected chi connectivity index (χ4v) is 2.95. The number of likely N-dealkylation sites (tertiary alicyclic amines) is 1. The highest BCUT2D eigenvalue weighted by Gasteiger charge is 2.51. The van der Waals surface area contributed by atoms with Crippen LogP contribution in [-0.4, -0.2) is 63.7 Å². The largest absolute Gasteiger partial charge is 0.480 e. The Labute approximate surface area is 137 Å². The third-order valence-corrected chi connectivity index (χ3v) is 4.89. The molecule has 23 heavy (non-hydrogen) atoms. The third-order valence-electron chi connectivity index (χ3n) is 4.89. The quantitative estimate of drug-likeness (QED) is 0.353. The minimum absolute atomic E-state index is 0.00286. The van der Waals surface area contributed by atoms with E-state index >= 15 is 0 Å². The molecular weight excluding hydrogens is 301 g/mol. The predicted molar refractivity (Wildman–Crippen MR) is 86.3 cm³/mol. The van der Waals surface area contributed by atoms with Gasteiger partial charge in [-0.2, -0.15) is 0 Å². The molecule has 0 aliphatic carbocycles. The Kier molecular flexibility index (Phi) is 7.00. The van der Waals surface area contributed by atoms with Crippen LogP contribution in [0.25, 0.3) is 0 Å². The monoisotopic (exact) mass is 329 g/mol. The van der Waals surface area contributed by atoms with E-state index in [1.54, 1.807) is 0 Å². The minimum atomic E-state index is -1.52. The van der Waals surface area contributed by atoms with Crippen molar-refractivity contribution in [1.82, 2.24) is 4.90 Å². The second-order valence-corrected chi connectivity index (χ2v) is 6.58. The molecule has 1 aliphatic heterocycles. The van der Waals surface area contributed by atoms with Gasteiger partial charge in [-0.3, -0.25) is 9.59 Å². The topological polar surface area (TPSA) is 150 Å². The summed E-state index contributed by atoms with van der Waals surface area (Å²) < 4.78 is 0. The second-order valence-electron chi connectivity index (χ2n) is 6.58. The van der Waals surface area contributed by atoms with E-state index in [-0.39, 0.29) is 31.2 Å². The van der Waals surface area contributed by atoms with Crippen molar-refractivity contribution in [2.24, 2.45) is 23.3 Å². The van der Waals surface area contributed by atoms with Crippen molar-refractivity contribution in [1.29, 1.82) is 0 Å².